The molecule has 0 aliphatic carbocycles. The van der Waals surface area contributed by atoms with Crippen molar-refractivity contribution in [3.05, 3.63) is 42.2 Å². The lowest BCUT2D eigenvalue weighted by Gasteiger charge is -2.37. The number of piperidine rings is 1. The Hall–Kier alpha value is -1.94. The minimum atomic E-state index is -4.49. The fourth-order valence-electron chi connectivity index (χ4n) is 4.04. The highest BCUT2D eigenvalue weighted by Gasteiger charge is 2.48. The predicted octanol–water partition coefficient (Wildman–Crippen LogP) is 2.85. The maximum atomic E-state index is 13.0. The van der Waals surface area contributed by atoms with E-state index in [0.717, 1.165) is 37.1 Å². The second-order valence-corrected chi connectivity index (χ2v) is 8.56. The first-order valence-corrected chi connectivity index (χ1v) is 9.77. The zero-order valence-corrected chi connectivity index (χ0v) is 14.5. The van der Waals surface area contributed by atoms with Gasteiger partial charge in [0.15, 0.2) is 0 Å². The first-order chi connectivity index (χ1) is 12.3. The Labute approximate surface area is 148 Å². The molecule has 2 aromatic rings. The monoisotopic (exact) mass is 386 g/mol. The normalized spacial score (nSPS) is 27.0. The molecule has 6 nitrogen and oxygen atoms in total. The summed E-state index contributed by atoms with van der Waals surface area (Å²) in [4.78, 5) is 1.52. The summed E-state index contributed by atoms with van der Waals surface area (Å²) in [5, 5.41) is 8.29. The van der Waals surface area contributed by atoms with E-state index in [9.17, 15) is 21.6 Å². The summed E-state index contributed by atoms with van der Waals surface area (Å²) in [5.74, 6) is 0. The molecule has 0 spiro atoms. The zero-order chi connectivity index (χ0) is 18.5. The summed E-state index contributed by atoms with van der Waals surface area (Å²) in [7, 11) is -3.84. The Morgan fingerprint density at radius 2 is 1.46 bits per heavy atom. The number of aromatic nitrogens is 3. The van der Waals surface area contributed by atoms with E-state index in [1.54, 1.807) is 17.2 Å². The van der Waals surface area contributed by atoms with Crippen LogP contribution in [-0.2, 0) is 16.2 Å². The van der Waals surface area contributed by atoms with Gasteiger partial charge in [-0.25, -0.2) is 8.42 Å². The maximum absolute atomic E-state index is 13.0. The third-order valence-corrected chi connectivity index (χ3v) is 7.18. The van der Waals surface area contributed by atoms with Crippen molar-refractivity contribution in [2.24, 2.45) is 0 Å². The van der Waals surface area contributed by atoms with Gasteiger partial charge in [0, 0.05) is 12.1 Å². The number of fused-ring (bicyclic) bond motifs is 2. The van der Waals surface area contributed by atoms with Gasteiger partial charge in [-0.05, 0) is 49.9 Å². The highest BCUT2D eigenvalue weighted by molar-refractivity contribution is 7.89. The number of nitrogens with zero attached hydrogens (tertiary/aromatic N) is 4. The smallest absolute Gasteiger partial charge is 0.207 e. The molecular weight excluding hydrogens is 369 g/mol. The Morgan fingerprint density at radius 3 is 1.96 bits per heavy atom. The summed E-state index contributed by atoms with van der Waals surface area (Å²) < 4.78 is 65.6. The van der Waals surface area contributed by atoms with Crippen molar-refractivity contribution < 1.29 is 21.6 Å². The molecule has 2 unspecified atom stereocenters. The predicted molar refractivity (Wildman–Crippen MR) is 85.6 cm³/mol. The highest BCUT2D eigenvalue weighted by Crippen LogP contribution is 2.43. The van der Waals surface area contributed by atoms with Gasteiger partial charge in [-0.3, -0.25) is 0 Å². The molecule has 140 valence electrons. The number of halogens is 3. The summed E-state index contributed by atoms with van der Waals surface area (Å²) in [6.07, 6.45) is 1.37. The van der Waals surface area contributed by atoms with Gasteiger partial charge in [-0.2, -0.15) is 32.5 Å². The molecule has 2 aliphatic rings. The van der Waals surface area contributed by atoms with Gasteiger partial charge in [0.05, 0.1) is 28.9 Å². The van der Waals surface area contributed by atoms with Crippen molar-refractivity contribution in [2.75, 3.05) is 0 Å². The fraction of sp³-hybridized carbons (Fsp3) is 0.500. The summed E-state index contributed by atoms with van der Waals surface area (Å²) in [6.45, 7) is 0. The molecule has 3 heterocycles. The van der Waals surface area contributed by atoms with Crippen LogP contribution in [0, 0.1) is 0 Å². The molecule has 0 amide bonds. The summed E-state index contributed by atoms with van der Waals surface area (Å²) >= 11 is 0. The van der Waals surface area contributed by atoms with E-state index in [0.29, 0.717) is 12.8 Å². The van der Waals surface area contributed by atoms with Crippen molar-refractivity contribution >= 4 is 10.0 Å². The zero-order valence-electron chi connectivity index (χ0n) is 13.7. The third-order valence-electron chi connectivity index (χ3n) is 5.16. The van der Waals surface area contributed by atoms with E-state index in [-0.39, 0.29) is 23.0 Å². The molecule has 1 aromatic heterocycles. The first kappa shape index (κ1) is 17.5. The van der Waals surface area contributed by atoms with E-state index in [2.05, 4.69) is 10.2 Å². The molecule has 2 bridgehead atoms. The molecule has 0 saturated carbocycles. The molecule has 10 heteroatoms. The number of alkyl halides is 3. The van der Waals surface area contributed by atoms with Gasteiger partial charge in [0.1, 0.15) is 0 Å². The number of rotatable bonds is 3. The van der Waals surface area contributed by atoms with Gasteiger partial charge in [0.2, 0.25) is 10.0 Å². The van der Waals surface area contributed by atoms with Crippen molar-refractivity contribution in [2.45, 2.75) is 54.9 Å². The highest BCUT2D eigenvalue weighted by atomic mass is 32.2. The van der Waals surface area contributed by atoms with Crippen molar-refractivity contribution in [3.8, 4) is 0 Å². The van der Waals surface area contributed by atoms with E-state index >= 15 is 0 Å². The van der Waals surface area contributed by atoms with Crippen LogP contribution in [-0.4, -0.2) is 39.8 Å². The van der Waals surface area contributed by atoms with Crippen LogP contribution in [0.15, 0.2) is 41.6 Å². The number of hydrogen-bond acceptors (Lipinski definition) is 4. The molecular formula is C16H17F3N4O2S. The molecule has 2 aliphatic heterocycles. The number of sulfonamides is 1. The van der Waals surface area contributed by atoms with Crippen LogP contribution >= 0.6 is 0 Å². The van der Waals surface area contributed by atoms with Gasteiger partial charge >= 0.3 is 6.18 Å². The van der Waals surface area contributed by atoms with Gasteiger partial charge in [-0.15, -0.1) is 0 Å². The average Bonchev–Trinajstić information content (AvgIpc) is 3.21. The van der Waals surface area contributed by atoms with Crippen LogP contribution in [0.4, 0.5) is 13.2 Å². The maximum Gasteiger partial charge on any atom is 0.416 e. The van der Waals surface area contributed by atoms with Crippen molar-refractivity contribution in [1.82, 2.24) is 19.3 Å². The standard InChI is InChI=1S/C16H17F3N4O2S/c17-16(18,19)11-1-5-15(6-2-11)26(24,25)22-12-3-4-13(22)10-14(9-12)23-20-7-8-21-23/h1-2,5-8,12-14H,3-4,9-10H2. The average molecular weight is 386 g/mol. The third kappa shape index (κ3) is 2.90. The van der Waals surface area contributed by atoms with Crippen LogP contribution in [0.25, 0.3) is 0 Å². The molecule has 1 aromatic carbocycles. The Balaban J connectivity index is 1.59. The minimum Gasteiger partial charge on any atom is -0.207 e. The number of hydrogen-bond donors (Lipinski definition) is 0. The van der Waals surface area contributed by atoms with Crippen LogP contribution < -0.4 is 0 Å². The van der Waals surface area contributed by atoms with E-state index < -0.39 is 21.8 Å². The molecule has 2 atom stereocenters. The molecule has 2 fully saturated rings. The summed E-state index contributed by atoms with van der Waals surface area (Å²) in [6, 6.07) is 3.39. The first-order valence-electron chi connectivity index (χ1n) is 8.33. The quantitative estimate of drug-likeness (QED) is 0.814. The molecule has 26 heavy (non-hydrogen) atoms. The van der Waals surface area contributed by atoms with Crippen molar-refractivity contribution in [3.63, 3.8) is 0 Å². The van der Waals surface area contributed by atoms with Gasteiger partial charge in [-0.1, -0.05) is 0 Å². The second kappa shape index (κ2) is 6.05. The summed E-state index contributed by atoms with van der Waals surface area (Å²) in [5.41, 5.74) is -0.858. The second-order valence-electron chi connectivity index (χ2n) is 6.72. The van der Waals surface area contributed by atoms with Crippen LogP contribution in [0.1, 0.15) is 37.3 Å². The van der Waals surface area contributed by atoms with E-state index in [1.165, 1.54) is 4.31 Å². The lowest BCUT2D eigenvalue weighted by atomic mass is 10.0. The van der Waals surface area contributed by atoms with Crippen LogP contribution in [0.3, 0.4) is 0 Å². The minimum absolute atomic E-state index is 0.0431. The Bertz CT molecular complexity index is 867. The molecule has 0 radical (unpaired) electrons. The van der Waals surface area contributed by atoms with E-state index in [4.69, 9.17) is 0 Å². The molecule has 0 N–H and O–H groups in total. The van der Waals surface area contributed by atoms with Crippen molar-refractivity contribution in [1.29, 1.82) is 0 Å². The lowest BCUT2D eigenvalue weighted by molar-refractivity contribution is -0.137. The molecule has 4 rings (SSSR count). The Morgan fingerprint density at radius 1 is 0.923 bits per heavy atom. The van der Waals surface area contributed by atoms with Crippen LogP contribution in [0.5, 0.6) is 0 Å². The van der Waals surface area contributed by atoms with Gasteiger partial charge in [0.25, 0.3) is 0 Å². The topological polar surface area (TPSA) is 68.1 Å². The fourth-order valence-corrected chi connectivity index (χ4v) is 5.93. The number of benzene rings is 1. The van der Waals surface area contributed by atoms with Crippen LogP contribution in [0.2, 0.25) is 0 Å². The van der Waals surface area contributed by atoms with Gasteiger partial charge < -0.3 is 0 Å². The molecule has 2 saturated heterocycles. The Kier molecular flexibility index (Phi) is 4.07. The largest absolute Gasteiger partial charge is 0.416 e. The SMILES string of the molecule is O=S(=O)(c1ccc(C(F)(F)F)cc1)N1C2CCC1CC(n1nccn1)C2. The van der Waals surface area contributed by atoms with E-state index in [1.807, 2.05) is 0 Å². The lowest BCUT2D eigenvalue weighted by Crippen LogP contribution is -2.47.